The minimum atomic E-state index is -0.553. The zero-order valence-corrected chi connectivity index (χ0v) is 13.4. The number of hydrogen-bond donors (Lipinski definition) is 1. The van der Waals surface area contributed by atoms with Crippen LogP contribution in [-0.2, 0) is 11.2 Å². The highest BCUT2D eigenvalue weighted by Crippen LogP contribution is 2.24. The highest BCUT2D eigenvalue weighted by molar-refractivity contribution is 8.00. The van der Waals surface area contributed by atoms with Crippen molar-refractivity contribution in [3.63, 3.8) is 0 Å². The predicted octanol–water partition coefficient (Wildman–Crippen LogP) is 2.46. The van der Waals surface area contributed by atoms with Gasteiger partial charge in [-0.25, -0.2) is 14.8 Å². The van der Waals surface area contributed by atoms with Crippen LogP contribution in [0, 0.1) is 11.3 Å². The molecule has 23 heavy (non-hydrogen) atoms. The van der Waals surface area contributed by atoms with Crippen LogP contribution >= 0.6 is 11.8 Å². The first-order valence-corrected chi connectivity index (χ1v) is 7.91. The summed E-state index contributed by atoms with van der Waals surface area (Å²) < 4.78 is 4.87. The number of rotatable bonds is 6. The molecule has 6 nitrogen and oxygen atoms in total. The number of ether oxygens (including phenoxy) is 1. The molecule has 0 saturated heterocycles. The largest absolute Gasteiger partial charge is 0.462 e. The highest BCUT2D eigenvalue weighted by atomic mass is 32.2. The van der Waals surface area contributed by atoms with Crippen LogP contribution in [0.1, 0.15) is 22.8 Å². The number of nitrogens with zero attached hydrogens (tertiary/aromatic N) is 3. The van der Waals surface area contributed by atoms with Gasteiger partial charge in [0.25, 0.3) is 0 Å². The fourth-order valence-corrected chi connectivity index (χ4v) is 2.72. The molecule has 0 aliphatic heterocycles. The number of hydrogen-bond acceptors (Lipinski definition) is 7. The van der Waals surface area contributed by atoms with Gasteiger partial charge in [-0.1, -0.05) is 42.1 Å². The predicted molar refractivity (Wildman–Crippen MR) is 87.8 cm³/mol. The summed E-state index contributed by atoms with van der Waals surface area (Å²) >= 11 is 1.22. The van der Waals surface area contributed by atoms with Gasteiger partial charge in [-0.3, -0.25) is 0 Å². The van der Waals surface area contributed by atoms with Crippen molar-refractivity contribution < 1.29 is 9.53 Å². The van der Waals surface area contributed by atoms with Gasteiger partial charge in [0, 0.05) is 6.20 Å². The summed E-state index contributed by atoms with van der Waals surface area (Å²) in [5, 5.41) is 9.32. The summed E-state index contributed by atoms with van der Waals surface area (Å²) in [5.41, 5.74) is 6.96. The minimum absolute atomic E-state index is 0.0531. The zero-order valence-electron chi connectivity index (χ0n) is 12.6. The molecular formula is C16H16N4O2S. The minimum Gasteiger partial charge on any atom is -0.462 e. The fourth-order valence-electron chi connectivity index (χ4n) is 1.87. The van der Waals surface area contributed by atoms with Crippen LogP contribution in [0.25, 0.3) is 0 Å². The number of carbonyl (C=O) groups is 1. The van der Waals surface area contributed by atoms with Gasteiger partial charge in [0.2, 0.25) is 0 Å². The van der Waals surface area contributed by atoms with Crippen molar-refractivity contribution in [1.29, 1.82) is 5.26 Å². The summed E-state index contributed by atoms with van der Waals surface area (Å²) in [6, 6.07) is 11.9. The second-order valence-corrected chi connectivity index (χ2v) is 5.77. The van der Waals surface area contributed by atoms with Gasteiger partial charge < -0.3 is 10.5 Å². The van der Waals surface area contributed by atoms with Gasteiger partial charge in [0.15, 0.2) is 5.16 Å². The number of aromatic nitrogens is 2. The molecule has 1 aromatic heterocycles. The molecule has 1 atom stereocenters. The van der Waals surface area contributed by atoms with E-state index in [1.165, 1.54) is 18.0 Å². The van der Waals surface area contributed by atoms with Gasteiger partial charge in [-0.05, 0) is 18.9 Å². The van der Waals surface area contributed by atoms with Gasteiger partial charge in [-0.2, -0.15) is 5.26 Å². The van der Waals surface area contributed by atoms with Crippen molar-refractivity contribution in [3.05, 3.63) is 47.7 Å². The van der Waals surface area contributed by atoms with E-state index in [9.17, 15) is 10.1 Å². The quantitative estimate of drug-likeness (QED) is 0.493. The van der Waals surface area contributed by atoms with Gasteiger partial charge >= 0.3 is 5.97 Å². The molecule has 0 radical (unpaired) electrons. The molecule has 7 heteroatoms. The lowest BCUT2D eigenvalue weighted by Crippen LogP contribution is -2.11. The average Bonchev–Trinajstić information content (AvgIpc) is 2.55. The van der Waals surface area contributed by atoms with E-state index in [2.05, 4.69) is 16.0 Å². The Morgan fingerprint density at radius 2 is 2.17 bits per heavy atom. The van der Waals surface area contributed by atoms with E-state index in [0.29, 0.717) is 11.6 Å². The van der Waals surface area contributed by atoms with E-state index in [4.69, 9.17) is 10.5 Å². The molecule has 0 aliphatic rings. The monoisotopic (exact) mass is 328 g/mol. The summed E-state index contributed by atoms with van der Waals surface area (Å²) in [6.45, 7) is 1.96. The summed E-state index contributed by atoms with van der Waals surface area (Å²) in [7, 11) is 0. The van der Waals surface area contributed by atoms with Crippen LogP contribution in [-0.4, -0.2) is 27.8 Å². The Morgan fingerprint density at radius 3 is 2.78 bits per heavy atom. The van der Waals surface area contributed by atoms with Gasteiger partial charge in [0.05, 0.1) is 12.7 Å². The lowest BCUT2D eigenvalue weighted by molar-refractivity contribution is 0.0526. The number of carbonyl (C=O) groups excluding carboxylic acids is 1. The molecule has 2 N–H and O–H groups in total. The molecule has 118 valence electrons. The van der Waals surface area contributed by atoms with Crippen molar-refractivity contribution in [2.24, 2.45) is 0 Å². The van der Waals surface area contributed by atoms with Crippen LogP contribution in [0.4, 0.5) is 5.82 Å². The Bertz CT molecular complexity index is 716. The van der Waals surface area contributed by atoms with Crippen LogP contribution in [0.15, 0.2) is 41.7 Å². The second-order valence-electron chi connectivity index (χ2n) is 4.60. The Hall–Kier alpha value is -2.59. The molecule has 0 spiro atoms. The Balaban J connectivity index is 2.08. The first-order valence-electron chi connectivity index (χ1n) is 7.03. The Labute approximate surface area is 138 Å². The van der Waals surface area contributed by atoms with Crippen molar-refractivity contribution >= 4 is 23.5 Å². The molecule has 0 aliphatic carbocycles. The normalized spacial score (nSPS) is 11.5. The maximum absolute atomic E-state index is 11.7. The third-order valence-electron chi connectivity index (χ3n) is 2.95. The number of nitriles is 1. The number of benzene rings is 1. The molecule has 0 unspecified atom stereocenters. The smallest absolute Gasteiger partial charge is 0.343 e. The van der Waals surface area contributed by atoms with E-state index in [-0.39, 0.29) is 23.2 Å². The topological polar surface area (TPSA) is 102 Å². The Morgan fingerprint density at radius 1 is 1.43 bits per heavy atom. The first-order chi connectivity index (χ1) is 11.1. The maximum atomic E-state index is 11.7. The SMILES string of the molecule is CCOC(=O)c1cnc(S[C@H](C#N)Cc2ccccc2)nc1N. The van der Waals surface area contributed by atoms with Crippen molar-refractivity contribution in [2.45, 2.75) is 23.8 Å². The zero-order chi connectivity index (χ0) is 16.7. The van der Waals surface area contributed by atoms with Crippen LogP contribution < -0.4 is 5.73 Å². The van der Waals surface area contributed by atoms with Crippen molar-refractivity contribution in [2.75, 3.05) is 12.3 Å². The summed E-state index contributed by atoms with van der Waals surface area (Å²) in [6.07, 6.45) is 1.91. The molecular weight excluding hydrogens is 312 g/mol. The number of anilines is 1. The first kappa shape index (κ1) is 16.8. The molecule has 0 saturated carbocycles. The molecule has 1 heterocycles. The fraction of sp³-hybridized carbons (Fsp3) is 0.250. The van der Waals surface area contributed by atoms with E-state index < -0.39 is 5.97 Å². The third kappa shape index (κ3) is 4.69. The highest BCUT2D eigenvalue weighted by Gasteiger charge is 2.17. The van der Waals surface area contributed by atoms with Crippen LogP contribution in [0.2, 0.25) is 0 Å². The van der Waals surface area contributed by atoms with Gasteiger partial charge in [0.1, 0.15) is 16.6 Å². The van der Waals surface area contributed by atoms with E-state index in [1.54, 1.807) is 6.92 Å². The summed E-state index contributed by atoms with van der Waals surface area (Å²) in [5.74, 6) is -0.500. The molecule has 0 amide bonds. The summed E-state index contributed by atoms with van der Waals surface area (Å²) in [4.78, 5) is 19.8. The van der Waals surface area contributed by atoms with Crippen molar-refractivity contribution in [3.8, 4) is 6.07 Å². The molecule has 1 aromatic carbocycles. The lowest BCUT2D eigenvalue weighted by atomic mass is 10.1. The number of esters is 1. The lowest BCUT2D eigenvalue weighted by Gasteiger charge is -2.09. The second kappa shape index (κ2) is 8.15. The standard InChI is InChI=1S/C16H16N4O2S/c1-2-22-15(21)13-10-19-16(20-14(13)18)23-12(9-17)8-11-6-4-3-5-7-11/h3-7,10,12H,2,8H2,1H3,(H2,18,19,20)/t12-/m0/s1. The van der Waals surface area contributed by atoms with E-state index in [1.807, 2.05) is 30.3 Å². The molecule has 0 fully saturated rings. The average molecular weight is 328 g/mol. The van der Waals surface area contributed by atoms with Crippen LogP contribution in [0.3, 0.4) is 0 Å². The third-order valence-corrected chi connectivity index (χ3v) is 3.91. The number of nitrogen functional groups attached to an aromatic ring is 1. The van der Waals surface area contributed by atoms with E-state index >= 15 is 0 Å². The van der Waals surface area contributed by atoms with Crippen molar-refractivity contribution in [1.82, 2.24) is 9.97 Å². The van der Waals surface area contributed by atoms with Crippen LogP contribution in [0.5, 0.6) is 0 Å². The van der Waals surface area contributed by atoms with E-state index in [0.717, 1.165) is 5.56 Å². The maximum Gasteiger partial charge on any atom is 0.343 e. The van der Waals surface area contributed by atoms with Gasteiger partial charge in [-0.15, -0.1) is 0 Å². The Kier molecular flexibility index (Phi) is 5.94. The number of thioether (sulfide) groups is 1. The molecule has 2 rings (SSSR count). The number of nitrogens with two attached hydrogens (primary N) is 1. The molecule has 0 bridgehead atoms. The molecule has 2 aromatic rings.